The summed E-state index contributed by atoms with van der Waals surface area (Å²) >= 11 is 0. The lowest BCUT2D eigenvalue weighted by molar-refractivity contribution is -0.144. The molecule has 0 aliphatic carbocycles. The third kappa shape index (κ3) is 6.94. The molecule has 0 unspecified atom stereocenters. The minimum atomic E-state index is -0.999. The smallest absolute Gasteiger partial charge is 0.326 e. The predicted molar refractivity (Wildman–Crippen MR) is 64.7 cm³/mol. The molecular formula is C12H23NO4. The summed E-state index contributed by atoms with van der Waals surface area (Å²) in [4.78, 5) is 22.4. The van der Waals surface area contributed by atoms with Crippen molar-refractivity contribution in [3.8, 4) is 0 Å². The number of nitrogens with one attached hydrogen (secondary N) is 1. The molecule has 0 radical (unpaired) electrons. The molecule has 0 bridgehead atoms. The first-order valence-electron chi connectivity index (χ1n) is 6.12. The lowest BCUT2D eigenvalue weighted by Crippen LogP contribution is -2.46. The van der Waals surface area contributed by atoms with Gasteiger partial charge < -0.3 is 15.2 Å². The average molecular weight is 245 g/mol. The molecule has 0 spiro atoms. The number of carbonyl (C=O) groups is 2. The highest BCUT2D eigenvalue weighted by atomic mass is 16.5. The van der Waals surface area contributed by atoms with Crippen LogP contribution in [0.15, 0.2) is 0 Å². The summed E-state index contributed by atoms with van der Waals surface area (Å²) in [6.45, 7) is 6.19. The van der Waals surface area contributed by atoms with Crippen LogP contribution in [0.4, 0.5) is 0 Å². The molecule has 0 rings (SSSR count). The van der Waals surface area contributed by atoms with Gasteiger partial charge in [-0.3, -0.25) is 4.79 Å². The van der Waals surface area contributed by atoms with Crippen molar-refractivity contribution in [3.05, 3.63) is 0 Å². The summed E-state index contributed by atoms with van der Waals surface area (Å²) in [5, 5.41) is 11.5. The average Bonchev–Trinajstić information content (AvgIpc) is 2.30. The molecule has 5 heteroatoms. The molecule has 0 aromatic rings. The summed E-state index contributed by atoms with van der Waals surface area (Å²) in [7, 11) is 0. The first-order valence-corrected chi connectivity index (χ1v) is 6.12. The number of rotatable bonds is 9. The van der Waals surface area contributed by atoms with E-state index in [1.165, 1.54) is 0 Å². The van der Waals surface area contributed by atoms with Gasteiger partial charge in [-0.05, 0) is 12.3 Å². The number of carbonyl (C=O) groups excluding carboxylic acids is 1. The number of carboxylic acids is 1. The zero-order valence-corrected chi connectivity index (χ0v) is 10.9. The van der Waals surface area contributed by atoms with E-state index in [4.69, 9.17) is 9.84 Å². The van der Waals surface area contributed by atoms with Gasteiger partial charge in [0, 0.05) is 6.61 Å². The molecule has 1 amide bonds. The van der Waals surface area contributed by atoms with Crippen LogP contribution in [-0.4, -0.2) is 36.2 Å². The third-order valence-electron chi connectivity index (χ3n) is 2.67. The van der Waals surface area contributed by atoms with Crippen LogP contribution in [0, 0.1) is 5.92 Å². The van der Waals surface area contributed by atoms with Crippen molar-refractivity contribution >= 4 is 11.9 Å². The number of hydrogen-bond donors (Lipinski definition) is 2. The van der Waals surface area contributed by atoms with E-state index in [1.807, 2.05) is 13.8 Å². The number of hydrogen-bond acceptors (Lipinski definition) is 3. The Morgan fingerprint density at radius 1 is 1.35 bits per heavy atom. The molecule has 2 N–H and O–H groups in total. The fourth-order valence-corrected chi connectivity index (χ4v) is 1.31. The molecule has 2 atom stereocenters. The largest absolute Gasteiger partial charge is 0.480 e. The molecule has 100 valence electrons. The molecule has 0 aromatic carbocycles. The molecule has 0 aliphatic rings. The van der Waals surface area contributed by atoms with Crippen LogP contribution in [-0.2, 0) is 14.3 Å². The number of carboxylic acid groups (broad SMARTS) is 1. The van der Waals surface area contributed by atoms with Crippen LogP contribution in [0.5, 0.6) is 0 Å². The monoisotopic (exact) mass is 245 g/mol. The summed E-state index contributed by atoms with van der Waals surface area (Å²) in [6, 6.07) is -0.831. The zero-order valence-electron chi connectivity index (χ0n) is 10.9. The molecule has 0 heterocycles. The Kier molecular flexibility index (Phi) is 8.40. The number of amides is 1. The van der Waals surface area contributed by atoms with Crippen molar-refractivity contribution in [2.45, 2.75) is 46.1 Å². The van der Waals surface area contributed by atoms with Crippen molar-refractivity contribution < 1.29 is 19.4 Å². The van der Waals surface area contributed by atoms with E-state index in [2.05, 4.69) is 5.32 Å². The third-order valence-corrected chi connectivity index (χ3v) is 2.67. The highest BCUT2D eigenvalue weighted by Crippen LogP contribution is 2.07. The maximum absolute atomic E-state index is 11.4. The van der Waals surface area contributed by atoms with E-state index in [0.29, 0.717) is 13.0 Å². The van der Waals surface area contributed by atoms with E-state index >= 15 is 0 Å². The Morgan fingerprint density at radius 2 is 2.00 bits per heavy atom. The van der Waals surface area contributed by atoms with E-state index in [1.54, 1.807) is 6.92 Å². The predicted octanol–water partition coefficient (Wildman–Crippen LogP) is 1.42. The highest BCUT2D eigenvalue weighted by Gasteiger charge is 2.24. The van der Waals surface area contributed by atoms with Gasteiger partial charge in [0.1, 0.15) is 12.6 Å². The Balaban J connectivity index is 4.00. The van der Waals surface area contributed by atoms with Gasteiger partial charge >= 0.3 is 5.97 Å². The van der Waals surface area contributed by atoms with Crippen LogP contribution >= 0.6 is 0 Å². The van der Waals surface area contributed by atoms with Crippen molar-refractivity contribution in [2.24, 2.45) is 5.92 Å². The van der Waals surface area contributed by atoms with E-state index in [0.717, 1.165) is 12.8 Å². The van der Waals surface area contributed by atoms with Gasteiger partial charge in [0.05, 0.1) is 0 Å². The van der Waals surface area contributed by atoms with Gasteiger partial charge in [0.25, 0.3) is 0 Å². The molecule has 0 aliphatic heterocycles. The Bertz CT molecular complexity index is 243. The number of aliphatic carboxylic acids is 1. The van der Waals surface area contributed by atoms with Crippen LogP contribution in [0.3, 0.4) is 0 Å². The summed E-state index contributed by atoms with van der Waals surface area (Å²) in [6.07, 6.45) is 2.61. The van der Waals surface area contributed by atoms with Gasteiger partial charge in [-0.15, -0.1) is 0 Å². The summed E-state index contributed by atoms with van der Waals surface area (Å²) in [5.74, 6) is -1.46. The molecule has 0 fully saturated rings. The molecule has 17 heavy (non-hydrogen) atoms. The zero-order chi connectivity index (χ0) is 13.3. The van der Waals surface area contributed by atoms with Crippen LogP contribution in [0.25, 0.3) is 0 Å². The summed E-state index contributed by atoms with van der Waals surface area (Å²) < 4.78 is 5.12. The number of unbranched alkanes of at least 4 members (excludes halogenated alkanes) is 1. The number of ether oxygens (including phenoxy) is 1. The second-order valence-electron chi connectivity index (χ2n) is 4.18. The first-order chi connectivity index (χ1) is 8.02. The van der Waals surface area contributed by atoms with Crippen molar-refractivity contribution in [2.75, 3.05) is 13.2 Å². The quantitative estimate of drug-likeness (QED) is 0.602. The van der Waals surface area contributed by atoms with E-state index in [9.17, 15) is 9.59 Å². The highest BCUT2D eigenvalue weighted by molar-refractivity contribution is 5.84. The minimum Gasteiger partial charge on any atom is -0.480 e. The SMILES string of the molecule is CCCCOCC(=O)N[C@H](C(=O)O)[C@@H](C)CC. The molecule has 0 saturated carbocycles. The fraction of sp³-hybridized carbons (Fsp3) is 0.833. The van der Waals surface area contributed by atoms with Gasteiger partial charge in [0.15, 0.2) is 0 Å². The standard InChI is InChI=1S/C12H23NO4/c1-4-6-7-17-8-10(14)13-11(12(15)16)9(3)5-2/h9,11H,4-8H2,1-3H3,(H,13,14)(H,15,16)/t9-,11-/m0/s1. The molecular weight excluding hydrogens is 222 g/mol. The molecule has 0 aromatic heterocycles. The molecule has 0 saturated heterocycles. The first kappa shape index (κ1) is 15.9. The van der Waals surface area contributed by atoms with Crippen LogP contribution in [0.1, 0.15) is 40.0 Å². The Labute approximate surface area is 103 Å². The normalized spacial score (nSPS) is 14.1. The summed E-state index contributed by atoms with van der Waals surface area (Å²) in [5.41, 5.74) is 0. The van der Waals surface area contributed by atoms with Crippen molar-refractivity contribution in [1.29, 1.82) is 0 Å². The van der Waals surface area contributed by atoms with Gasteiger partial charge in [-0.1, -0.05) is 33.6 Å². The van der Waals surface area contributed by atoms with Gasteiger partial charge in [-0.2, -0.15) is 0 Å². The Morgan fingerprint density at radius 3 is 2.47 bits per heavy atom. The van der Waals surface area contributed by atoms with Crippen molar-refractivity contribution in [1.82, 2.24) is 5.32 Å². The van der Waals surface area contributed by atoms with Crippen LogP contribution in [0.2, 0.25) is 0 Å². The minimum absolute atomic E-state index is 0.0692. The lowest BCUT2D eigenvalue weighted by atomic mass is 9.99. The van der Waals surface area contributed by atoms with Gasteiger partial charge in [0.2, 0.25) is 5.91 Å². The maximum Gasteiger partial charge on any atom is 0.326 e. The second kappa shape index (κ2) is 8.98. The topological polar surface area (TPSA) is 75.6 Å². The van der Waals surface area contributed by atoms with Gasteiger partial charge in [-0.25, -0.2) is 4.79 Å². The Hall–Kier alpha value is -1.10. The van der Waals surface area contributed by atoms with Crippen molar-refractivity contribution in [3.63, 3.8) is 0 Å². The maximum atomic E-state index is 11.4. The fourth-order valence-electron chi connectivity index (χ4n) is 1.31. The lowest BCUT2D eigenvalue weighted by Gasteiger charge is -2.20. The van der Waals surface area contributed by atoms with E-state index in [-0.39, 0.29) is 18.4 Å². The van der Waals surface area contributed by atoms with E-state index < -0.39 is 12.0 Å². The van der Waals surface area contributed by atoms with Crippen LogP contribution < -0.4 is 5.32 Å². The second-order valence-corrected chi connectivity index (χ2v) is 4.18. The molecule has 5 nitrogen and oxygen atoms in total.